The number of nitrogens with zero attached hydrogens (tertiary/aromatic N) is 1. The van der Waals surface area contributed by atoms with E-state index in [0.717, 1.165) is 5.56 Å². The molecule has 2 aromatic rings. The smallest absolute Gasteiger partial charge is 0.325 e. The van der Waals surface area contributed by atoms with E-state index in [1.54, 1.807) is 42.5 Å². The van der Waals surface area contributed by atoms with Gasteiger partial charge < -0.3 is 19.1 Å². The number of carbonyl (C=O) groups is 2. The van der Waals surface area contributed by atoms with Gasteiger partial charge in [-0.15, -0.1) is 0 Å². The monoisotopic (exact) mass is 375 g/mol. The molecule has 1 aliphatic heterocycles. The number of fused-ring (bicyclic) bond motifs is 1. The van der Waals surface area contributed by atoms with Crippen LogP contribution >= 0.6 is 11.6 Å². The molecule has 1 amide bonds. The lowest BCUT2D eigenvalue weighted by Crippen LogP contribution is -2.47. The normalized spacial score (nSPS) is 15.2. The number of amides is 1. The fraction of sp³-hybridized carbons (Fsp3) is 0.263. The second kappa shape index (κ2) is 8.10. The van der Waals surface area contributed by atoms with Gasteiger partial charge in [0.25, 0.3) is 5.91 Å². The highest BCUT2D eigenvalue weighted by Gasteiger charge is 2.32. The SMILES string of the molecule is COC(=O)CN(Cc1ccc(Cl)cc1)C(=O)C1COc2ccccc2O1. The molecule has 26 heavy (non-hydrogen) atoms. The van der Waals surface area contributed by atoms with E-state index in [4.69, 9.17) is 25.8 Å². The molecule has 6 nitrogen and oxygen atoms in total. The largest absolute Gasteiger partial charge is 0.485 e. The first-order valence-corrected chi connectivity index (χ1v) is 8.43. The maximum Gasteiger partial charge on any atom is 0.325 e. The van der Waals surface area contributed by atoms with Crippen LogP contribution in [0, 0.1) is 0 Å². The molecule has 0 saturated heterocycles. The number of hydrogen-bond acceptors (Lipinski definition) is 5. The van der Waals surface area contributed by atoms with Gasteiger partial charge in [-0.1, -0.05) is 35.9 Å². The van der Waals surface area contributed by atoms with Gasteiger partial charge in [0.2, 0.25) is 6.10 Å². The van der Waals surface area contributed by atoms with Crippen LogP contribution in [0.4, 0.5) is 0 Å². The summed E-state index contributed by atoms with van der Waals surface area (Å²) in [4.78, 5) is 26.0. The summed E-state index contributed by atoms with van der Waals surface area (Å²) in [6.07, 6.45) is -0.832. The van der Waals surface area contributed by atoms with Crippen LogP contribution in [-0.4, -0.2) is 43.1 Å². The topological polar surface area (TPSA) is 65.1 Å². The molecule has 136 valence electrons. The molecule has 0 spiro atoms. The average molecular weight is 376 g/mol. The molecule has 0 aromatic heterocycles. The molecule has 0 bridgehead atoms. The molecule has 1 aliphatic rings. The van der Waals surface area contributed by atoms with Crippen molar-refractivity contribution in [1.29, 1.82) is 0 Å². The summed E-state index contributed by atoms with van der Waals surface area (Å²) < 4.78 is 16.1. The highest BCUT2D eigenvalue weighted by Crippen LogP contribution is 2.31. The summed E-state index contributed by atoms with van der Waals surface area (Å²) in [6, 6.07) is 14.2. The van der Waals surface area contributed by atoms with Gasteiger partial charge in [-0.25, -0.2) is 0 Å². The van der Waals surface area contributed by atoms with Gasteiger partial charge in [0, 0.05) is 11.6 Å². The Hall–Kier alpha value is -2.73. The van der Waals surface area contributed by atoms with E-state index >= 15 is 0 Å². The number of carbonyl (C=O) groups excluding carboxylic acids is 2. The first-order chi connectivity index (χ1) is 12.6. The molecule has 1 unspecified atom stereocenters. The van der Waals surface area contributed by atoms with Crippen LogP contribution < -0.4 is 9.47 Å². The third kappa shape index (κ3) is 4.26. The molecular weight excluding hydrogens is 358 g/mol. The Balaban J connectivity index is 1.76. The van der Waals surface area contributed by atoms with E-state index < -0.39 is 12.1 Å². The van der Waals surface area contributed by atoms with Crippen LogP contribution in [0.25, 0.3) is 0 Å². The molecule has 0 N–H and O–H groups in total. The van der Waals surface area contributed by atoms with E-state index in [-0.39, 0.29) is 25.6 Å². The minimum absolute atomic E-state index is 0.0775. The second-order valence-electron chi connectivity index (χ2n) is 5.76. The Morgan fingerprint density at radius 2 is 1.85 bits per heavy atom. The first-order valence-electron chi connectivity index (χ1n) is 8.05. The van der Waals surface area contributed by atoms with E-state index in [0.29, 0.717) is 16.5 Å². The van der Waals surface area contributed by atoms with Gasteiger partial charge in [0.15, 0.2) is 11.5 Å². The molecule has 3 rings (SSSR count). The highest BCUT2D eigenvalue weighted by atomic mass is 35.5. The Morgan fingerprint density at radius 1 is 1.15 bits per heavy atom. The van der Waals surface area contributed by atoms with Crippen LogP contribution in [0.3, 0.4) is 0 Å². The maximum atomic E-state index is 12.9. The van der Waals surface area contributed by atoms with Crippen molar-refractivity contribution in [2.75, 3.05) is 20.3 Å². The number of ether oxygens (including phenoxy) is 3. The number of rotatable bonds is 5. The minimum Gasteiger partial charge on any atom is -0.485 e. The van der Waals surface area contributed by atoms with Crippen molar-refractivity contribution in [2.24, 2.45) is 0 Å². The predicted molar refractivity (Wildman–Crippen MR) is 95.2 cm³/mol. The lowest BCUT2D eigenvalue weighted by atomic mass is 10.2. The molecule has 2 aromatic carbocycles. The van der Waals surface area contributed by atoms with Gasteiger partial charge in [-0.2, -0.15) is 0 Å². The molecule has 0 saturated carbocycles. The fourth-order valence-corrected chi connectivity index (χ4v) is 2.71. The third-order valence-corrected chi connectivity index (χ3v) is 4.18. The van der Waals surface area contributed by atoms with Gasteiger partial charge in [0.1, 0.15) is 13.2 Å². The molecule has 7 heteroatoms. The Labute approximate surface area is 156 Å². The van der Waals surface area contributed by atoms with E-state index in [9.17, 15) is 9.59 Å². The van der Waals surface area contributed by atoms with Crippen LogP contribution in [-0.2, 0) is 20.9 Å². The van der Waals surface area contributed by atoms with Crippen LogP contribution in [0.1, 0.15) is 5.56 Å². The van der Waals surface area contributed by atoms with Crippen LogP contribution in [0.5, 0.6) is 11.5 Å². The maximum absolute atomic E-state index is 12.9. The standard InChI is InChI=1S/C19H18ClNO5/c1-24-18(22)11-21(10-13-6-8-14(20)9-7-13)19(23)17-12-25-15-4-2-3-5-16(15)26-17/h2-9,17H,10-12H2,1H3. The van der Waals surface area contributed by atoms with Gasteiger partial charge in [0.05, 0.1) is 7.11 Å². The molecule has 1 heterocycles. The molecule has 0 radical (unpaired) electrons. The van der Waals surface area contributed by atoms with Crippen molar-refractivity contribution in [3.8, 4) is 11.5 Å². The van der Waals surface area contributed by atoms with Crippen molar-refractivity contribution in [3.05, 3.63) is 59.1 Å². The number of halogens is 1. The van der Waals surface area contributed by atoms with E-state index in [1.807, 2.05) is 6.07 Å². The van der Waals surface area contributed by atoms with E-state index in [2.05, 4.69) is 0 Å². The number of benzene rings is 2. The Bertz CT molecular complexity index is 793. The summed E-state index contributed by atoms with van der Waals surface area (Å²) in [5.74, 6) is 0.236. The van der Waals surface area contributed by atoms with E-state index in [1.165, 1.54) is 12.0 Å². The predicted octanol–water partition coefficient (Wildman–Crippen LogP) is 2.68. The zero-order valence-corrected chi connectivity index (χ0v) is 14.9. The number of hydrogen-bond donors (Lipinski definition) is 0. The molecule has 0 fully saturated rings. The fourth-order valence-electron chi connectivity index (χ4n) is 2.59. The summed E-state index contributed by atoms with van der Waals surface area (Å²) in [5.41, 5.74) is 0.837. The molecular formula is C19H18ClNO5. The average Bonchev–Trinajstić information content (AvgIpc) is 2.68. The van der Waals surface area contributed by atoms with Gasteiger partial charge >= 0.3 is 5.97 Å². The Morgan fingerprint density at radius 3 is 2.54 bits per heavy atom. The summed E-state index contributed by atoms with van der Waals surface area (Å²) in [5, 5.41) is 0.597. The van der Waals surface area contributed by atoms with Crippen molar-refractivity contribution in [2.45, 2.75) is 12.6 Å². The zero-order valence-electron chi connectivity index (χ0n) is 14.2. The molecule has 0 aliphatic carbocycles. The second-order valence-corrected chi connectivity index (χ2v) is 6.20. The van der Waals surface area contributed by atoms with Gasteiger partial charge in [-0.05, 0) is 29.8 Å². The van der Waals surface area contributed by atoms with Crippen molar-refractivity contribution >= 4 is 23.5 Å². The van der Waals surface area contributed by atoms with Crippen molar-refractivity contribution in [1.82, 2.24) is 4.90 Å². The van der Waals surface area contributed by atoms with Crippen LogP contribution in [0.2, 0.25) is 5.02 Å². The van der Waals surface area contributed by atoms with Crippen LogP contribution in [0.15, 0.2) is 48.5 Å². The minimum atomic E-state index is -0.832. The first kappa shape index (κ1) is 18.1. The van der Waals surface area contributed by atoms with Crippen molar-refractivity contribution in [3.63, 3.8) is 0 Å². The molecule has 1 atom stereocenters. The van der Waals surface area contributed by atoms with Crippen molar-refractivity contribution < 1.29 is 23.8 Å². The summed E-state index contributed by atoms with van der Waals surface area (Å²) in [6.45, 7) is 0.125. The zero-order chi connectivity index (χ0) is 18.5. The number of esters is 1. The lowest BCUT2D eigenvalue weighted by molar-refractivity contribution is -0.151. The third-order valence-electron chi connectivity index (χ3n) is 3.93. The lowest BCUT2D eigenvalue weighted by Gasteiger charge is -2.30. The quantitative estimate of drug-likeness (QED) is 0.752. The summed E-state index contributed by atoms with van der Waals surface area (Å²) >= 11 is 5.90. The Kier molecular flexibility index (Phi) is 5.63. The number of methoxy groups -OCH3 is 1. The van der Waals surface area contributed by atoms with Gasteiger partial charge in [-0.3, -0.25) is 9.59 Å². The number of para-hydroxylation sites is 2. The highest BCUT2D eigenvalue weighted by molar-refractivity contribution is 6.30. The summed E-state index contributed by atoms with van der Waals surface area (Å²) in [7, 11) is 1.28.